The molecule has 59 heavy (non-hydrogen) atoms. The standard InChI is InChI=1S/C23H19N5O2.C22H17N5O2/c1-13-6-5-7-15(10-13)18-16-8-3-4-9-17(16)23(29)30-20(18)14(2)28-12-27-19-21(24)25-11-26-22(19)28;1-13(27-12-26-18-20(23)24-11-25-21(18)27)19-17(14-7-3-2-4-8-14)15-9-5-6-10-16(15)22(28)29-19/h3-12,14H,1-2H3,(H2,24,25,26);2-13H,1H3,(H2,23,24,25). The summed E-state index contributed by atoms with van der Waals surface area (Å²) >= 11 is 0. The van der Waals surface area contributed by atoms with Crippen molar-refractivity contribution in [2.24, 2.45) is 0 Å². The zero-order chi connectivity index (χ0) is 40.8. The summed E-state index contributed by atoms with van der Waals surface area (Å²) in [6, 6.07) is 32.3. The maximum atomic E-state index is 12.8. The molecular formula is C45H36N10O4. The fourth-order valence-corrected chi connectivity index (χ4v) is 7.58. The van der Waals surface area contributed by atoms with Gasteiger partial charge in [0, 0.05) is 21.9 Å². The van der Waals surface area contributed by atoms with Gasteiger partial charge >= 0.3 is 11.3 Å². The zero-order valence-corrected chi connectivity index (χ0v) is 32.1. The number of nitrogens with two attached hydrogens (primary N) is 2. The lowest BCUT2D eigenvalue weighted by molar-refractivity contribution is 0.420. The first-order valence-electron chi connectivity index (χ1n) is 18.8. The van der Waals surface area contributed by atoms with E-state index in [-0.39, 0.29) is 23.3 Å². The molecule has 6 heterocycles. The van der Waals surface area contributed by atoms with Crippen LogP contribution in [0.3, 0.4) is 0 Å². The molecule has 0 amide bonds. The first-order valence-corrected chi connectivity index (χ1v) is 18.8. The molecule has 0 fully saturated rings. The topological polar surface area (TPSA) is 200 Å². The molecule has 0 bridgehead atoms. The lowest BCUT2D eigenvalue weighted by atomic mass is 9.95. The molecule has 2 unspecified atom stereocenters. The quantitative estimate of drug-likeness (QED) is 0.166. The summed E-state index contributed by atoms with van der Waals surface area (Å²) in [4.78, 5) is 50.9. The van der Waals surface area contributed by atoms with Gasteiger partial charge in [0.05, 0.1) is 35.5 Å². The molecule has 14 nitrogen and oxygen atoms in total. The molecule has 0 saturated carbocycles. The molecule has 10 aromatic rings. The summed E-state index contributed by atoms with van der Waals surface area (Å²) < 4.78 is 15.5. The Morgan fingerprint density at radius 1 is 0.525 bits per heavy atom. The van der Waals surface area contributed by atoms with E-state index in [2.05, 4.69) is 36.0 Å². The van der Waals surface area contributed by atoms with Crippen molar-refractivity contribution < 1.29 is 8.83 Å². The molecule has 0 radical (unpaired) electrons. The normalized spacial score (nSPS) is 12.5. The molecule has 4 aromatic carbocycles. The van der Waals surface area contributed by atoms with E-state index in [0.29, 0.717) is 56.3 Å². The van der Waals surface area contributed by atoms with Crippen molar-refractivity contribution in [1.82, 2.24) is 39.0 Å². The fraction of sp³-hybridized carbons (Fsp3) is 0.111. The maximum absolute atomic E-state index is 12.8. The van der Waals surface area contributed by atoms with E-state index in [1.54, 1.807) is 24.8 Å². The number of hydrogen-bond donors (Lipinski definition) is 2. The number of benzene rings is 4. The first kappa shape index (κ1) is 36.6. The van der Waals surface area contributed by atoms with Crippen LogP contribution in [0.25, 0.3) is 66.1 Å². The summed E-state index contributed by atoms with van der Waals surface area (Å²) in [7, 11) is 0. The molecule has 4 N–H and O–H groups in total. The van der Waals surface area contributed by atoms with E-state index in [4.69, 9.17) is 20.3 Å². The summed E-state index contributed by atoms with van der Waals surface area (Å²) in [5, 5.41) is 2.78. The number of hydrogen-bond acceptors (Lipinski definition) is 12. The second-order valence-electron chi connectivity index (χ2n) is 14.1. The molecule has 0 aliphatic rings. The number of imidazole rings is 2. The third-order valence-corrected chi connectivity index (χ3v) is 10.5. The predicted octanol–water partition coefficient (Wildman–Crippen LogP) is 7.89. The minimum atomic E-state index is -0.374. The van der Waals surface area contributed by atoms with Gasteiger partial charge in [-0.3, -0.25) is 0 Å². The van der Waals surface area contributed by atoms with E-state index in [1.165, 1.54) is 12.7 Å². The Balaban J connectivity index is 0.000000152. The molecule has 0 aliphatic carbocycles. The van der Waals surface area contributed by atoms with Crippen molar-refractivity contribution in [2.45, 2.75) is 32.9 Å². The number of nitrogen functional groups attached to an aromatic ring is 2. The van der Waals surface area contributed by atoms with Crippen LogP contribution in [0.5, 0.6) is 0 Å². The van der Waals surface area contributed by atoms with Crippen LogP contribution in [-0.2, 0) is 0 Å². The lowest BCUT2D eigenvalue weighted by Gasteiger charge is -2.18. The summed E-state index contributed by atoms with van der Waals surface area (Å²) in [5.74, 6) is 1.70. The van der Waals surface area contributed by atoms with E-state index >= 15 is 0 Å². The largest absolute Gasteiger partial charge is 0.425 e. The van der Waals surface area contributed by atoms with Crippen LogP contribution in [0.4, 0.5) is 11.6 Å². The summed E-state index contributed by atoms with van der Waals surface area (Å²) in [6.45, 7) is 5.93. The Hall–Kier alpha value is -8.00. The number of anilines is 2. The van der Waals surface area contributed by atoms with E-state index in [1.807, 2.05) is 115 Å². The van der Waals surface area contributed by atoms with Gasteiger partial charge in [0.25, 0.3) is 0 Å². The molecule has 0 aliphatic heterocycles. The minimum absolute atomic E-state index is 0.309. The van der Waals surface area contributed by atoms with E-state index in [0.717, 1.165) is 38.6 Å². The van der Waals surface area contributed by atoms with Crippen molar-refractivity contribution in [3.63, 3.8) is 0 Å². The molecule has 2 atom stereocenters. The first-order chi connectivity index (χ1) is 28.7. The molecule has 14 heteroatoms. The van der Waals surface area contributed by atoms with Crippen molar-refractivity contribution in [1.29, 1.82) is 0 Å². The summed E-state index contributed by atoms with van der Waals surface area (Å²) in [6.07, 6.45) is 6.09. The van der Waals surface area contributed by atoms with Gasteiger partial charge in [-0.25, -0.2) is 39.5 Å². The van der Waals surface area contributed by atoms with E-state index in [9.17, 15) is 9.59 Å². The van der Waals surface area contributed by atoms with Crippen molar-refractivity contribution in [2.75, 3.05) is 11.5 Å². The number of aryl methyl sites for hydroxylation is 1. The molecule has 6 aromatic heterocycles. The van der Waals surface area contributed by atoms with Gasteiger partial charge in [0.2, 0.25) is 0 Å². The third kappa shape index (κ3) is 6.42. The Kier molecular flexibility index (Phi) is 9.20. The highest BCUT2D eigenvalue weighted by atomic mass is 16.4. The van der Waals surface area contributed by atoms with E-state index < -0.39 is 0 Å². The molecule has 0 saturated heterocycles. The van der Waals surface area contributed by atoms with Crippen LogP contribution < -0.4 is 22.7 Å². The van der Waals surface area contributed by atoms with Crippen LogP contribution in [0, 0.1) is 6.92 Å². The predicted molar refractivity (Wildman–Crippen MR) is 228 cm³/mol. The lowest BCUT2D eigenvalue weighted by Crippen LogP contribution is -2.13. The van der Waals surface area contributed by atoms with Gasteiger partial charge in [0.1, 0.15) is 35.2 Å². The van der Waals surface area contributed by atoms with Gasteiger partial charge in [-0.1, -0.05) is 96.6 Å². The number of nitrogens with zero attached hydrogens (tertiary/aromatic N) is 8. The Morgan fingerprint density at radius 3 is 1.46 bits per heavy atom. The van der Waals surface area contributed by atoms with Crippen LogP contribution in [0.15, 0.2) is 147 Å². The van der Waals surface area contributed by atoms with Crippen molar-refractivity contribution in [3.05, 3.63) is 166 Å². The fourth-order valence-electron chi connectivity index (χ4n) is 7.58. The average molecular weight is 781 g/mol. The van der Waals surface area contributed by atoms with Crippen molar-refractivity contribution >= 4 is 55.5 Å². The molecule has 0 spiro atoms. The minimum Gasteiger partial charge on any atom is -0.425 e. The van der Waals surface area contributed by atoms with Gasteiger partial charge < -0.3 is 29.4 Å². The molecular weight excluding hydrogens is 745 g/mol. The van der Waals surface area contributed by atoms with Gasteiger partial charge in [-0.2, -0.15) is 0 Å². The maximum Gasteiger partial charge on any atom is 0.343 e. The zero-order valence-electron chi connectivity index (χ0n) is 32.1. The molecule has 10 rings (SSSR count). The third-order valence-electron chi connectivity index (χ3n) is 10.5. The highest BCUT2D eigenvalue weighted by Gasteiger charge is 2.25. The second-order valence-corrected chi connectivity index (χ2v) is 14.1. The van der Waals surface area contributed by atoms with Gasteiger partial charge in [-0.15, -0.1) is 0 Å². The van der Waals surface area contributed by atoms with Crippen LogP contribution in [0.1, 0.15) is 43.0 Å². The van der Waals surface area contributed by atoms with Crippen molar-refractivity contribution in [3.8, 4) is 22.3 Å². The monoisotopic (exact) mass is 780 g/mol. The number of aromatic nitrogens is 8. The van der Waals surface area contributed by atoms with Crippen LogP contribution in [-0.4, -0.2) is 39.0 Å². The Bertz CT molecular complexity index is 3320. The van der Waals surface area contributed by atoms with Gasteiger partial charge in [0.15, 0.2) is 22.9 Å². The Morgan fingerprint density at radius 2 is 0.966 bits per heavy atom. The van der Waals surface area contributed by atoms with Crippen LogP contribution in [0.2, 0.25) is 0 Å². The number of rotatable bonds is 6. The highest BCUT2D eigenvalue weighted by molar-refractivity contribution is 5.98. The molecule has 290 valence electrons. The average Bonchev–Trinajstić information content (AvgIpc) is 3.90. The van der Waals surface area contributed by atoms with Gasteiger partial charge in [-0.05, 0) is 44.0 Å². The van der Waals surface area contributed by atoms with Crippen LogP contribution >= 0.6 is 0 Å². The summed E-state index contributed by atoms with van der Waals surface area (Å²) in [5.41, 5.74) is 18.1. The second kappa shape index (κ2) is 14.8. The SMILES string of the molecule is CC(c1oc(=O)c2ccccc2c1-c1ccccc1)n1cnc2c(N)ncnc21.Cc1cccc(-c2c(C(C)n3cnc4c(N)ncnc43)oc(=O)c3ccccc23)c1. The smallest absolute Gasteiger partial charge is 0.343 e. The highest BCUT2D eigenvalue weighted by Crippen LogP contribution is 2.38. The number of fused-ring (bicyclic) bond motifs is 4. The Labute approximate surface area is 335 Å².